The molecule has 7 nitrogen and oxygen atoms in total. The monoisotopic (exact) mass is 459 g/mol. The zero-order chi connectivity index (χ0) is 23.9. The quantitative estimate of drug-likeness (QED) is 0.577. The second-order valence-corrected chi connectivity index (χ2v) is 8.59. The van der Waals surface area contributed by atoms with Crippen LogP contribution in [-0.4, -0.2) is 41.1 Å². The minimum Gasteiger partial charge on any atom is -0.377 e. The molecule has 0 saturated heterocycles. The lowest BCUT2D eigenvalue weighted by atomic mass is 9.87. The fraction of sp³-hybridized carbons (Fsp3) is 0.391. The molecule has 174 valence electrons. The second kappa shape index (κ2) is 8.49. The molecule has 1 aliphatic rings. The number of fused-ring (bicyclic) bond motifs is 1. The summed E-state index contributed by atoms with van der Waals surface area (Å²) in [5.41, 5.74) is 5.94. The smallest absolute Gasteiger partial charge is 0.377 e. The molecule has 0 atom stereocenters. The van der Waals surface area contributed by atoms with Gasteiger partial charge < -0.3 is 15.4 Å². The number of aromatic nitrogens is 3. The van der Waals surface area contributed by atoms with E-state index in [-0.39, 0.29) is 17.5 Å². The number of nitrogens with zero attached hydrogens (tertiary/aromatic N) is 4. The maximum absolute atomic E-state index is 13.2. The summed E-state index contributed by atoms with van der Waals surface area (Å²) in [6, 6.07) is 5.88. The highest BCUT2D eigenvalue weighted by atomic mass is 19.4. The number of hydrogen-bond acceptors (Lipinski definition) is 5. The predicted molar refractivity (Wildman–Crippen MR) is 118 cm³/mol. The number of anilines is 1. The highest BCUT2D eigenvalue weighted by Gasteiger charge is 2.34. The molecule has 0 aliphatic heterocycles. The SMILES string of the molecule is CN(C)c1cc2nn(C3CCC(C=O)CC3)cc2cc1-c1ccc(C(F)(F)F)nc1C(N)=O. The van der Waals surface area contributed by atoms with Gasteiger partial charge in [-0.1, -0.05) is 0 Å². The van der Waals surface area contributed by atoms with Crippen molar-refractivity contribution in [3.63, 3.8) is 0 Å². The zero-order valence-electron chi connectivity index (χ0n) is 18.3. The van der Waals surface area contributed by atoms with Crippen LogP contribution in [0, 0.1) is 5.92 Å². The Morgan fingerprint density at radius 3 is 2.42 bits per heavy atom. The van der Waals surface area contributed by atoms with Crippen LogP contribution in [0.1, 0.15) is 47.9 Å². The lowest BCUT2D eigenvalue weighted by molar-refractivity contribution is -0.141. The first-order valence-electron chi connectivity index (χ1n) is 10.6. The third-order valence-corrected chi connectivity index (χ3v) is 6.14. The molecule has 2 N–H and O–H groups in total. The van der Waals surface area contributed by atoms with Gasteiger partial charge in [-0.25, -0.2) is 4.98 Å². The standard InChI is InChI=1S/C23H24F3N5O2/c1-30(2)19-10-18-14(11-31(29-18)15-5-3-13(12-32)4-6-15)9-17(19)16-7-8-20(23(24,25)26)28-21(16)22(27)33/h7-13,15H,3-6H2,1-2H3,(H2,27,33). The third-order valence-electron chi connectivity index (χ3n) is 6.14. The van der Waals surface area contributed by atoms with E-state index in [1.165, 1.54) is 6.07 Å². The molecule has 4 rings (SSSR count). The predicted octanol–water partition coefficient (Wildman–Crippen LogP) is 4.21. The lowest BCUT2D eigenvalue weighted by Crippen LogP contribution is -2.19. The molecular weight excluding hydrogens is 435 g/mol. The van der Waals surface area contributed by atoms with Crippen LogP contribution in [0.3, 0.4) is 0 Å². The van der Waals surface area contributed by atoms with Crippen molar-refractivity contribution < 1.29 is 22.8 Å². The molecule has 3 aromatic rings. The van der Waals surface area contributed by atoms with Crippen molar-refractivity contribution in [3.05, 3.63) is 41.9 Å². The molecule has 33 heavy (non-hydrogen) atoms. The van der Waals surface area contributed by atoms with Crippen LogP contribution in [0.5, 0.6) is 0 Å². The molecule has 0 radical (unpaired) electrons. The number of alkyl halides is 3. The molecule has 0 spiro atoms. The average Bonchev–Trinajstić information content (AvgIpc) is 3.20. The van der Waals surface area contributed by atoms with Gasteiger partial charge in [0.15, 0.2) is 0 Å². The Balaban J connectivity index is 1.82. The van der Waals surface area contributed by atoms with Gasteiger partial charge in [0.1, 0.15) is 17.7 Å². The summed E-state index contributed by atoms with van der Waals surface area (Å²) >= 11 is 0. The van der Waals surface area contributed by atoms with Crippen molar-refractivity contribution in [2.45, 2.75) is 37.9 Å². The largest absolute Gasteiger partial charge is 0.433 e. The Labute approximate surface area is 188 Å². The fourth-order valence-electron chi connectivity index (χ4n) is 4.38. The van der Waals surface area contributed by atoms with Gasteiger partial charge in [0.05, 0.1) is 11.6 Å². The Morgan fingerprint density at radius 2 is 1.85 bits per heavy atom. The fourth-order valence-corrected chi connectivity index (χ4v) is 4.38. The molecule has 1 aromatic carbocycles. The van der Waals surface area contributed by atoms with E-state index >= 15 is 0 Å². The Kier molecular flexibility index (Phi) is 5.85. The number of carbonyl (C=O) groups is 2. The van der Waals surface area contributed by atoms with Crippen LogP contribution in [0.15, 0.2) is 30.5 Å². The van der Waals surface area contributed by atoms with Gasteiger partial charge in [-0.3, -0.25) is 9.48 Å². The third kappa shape index (κ3) is 4.42. The van der Waals surface area contributed by atoms with Crippen LogP contribution < -0.4 is 10.6 Å². The molecule has 2 heterocycles. The van der Waals surface area contributed by atoms with E-state index < -0.39 is 23.5 Å². The number of amides is 1. The van der Waals surface area contributed by atoms with E-state index in [0.717, 1.165) is 48.9 Å². The summed E-state index contributed by atoms with van der Waals surface area (Å²) < 4.78 is 41.4. The summed E-state index contributed by atoms with van der Waals surface area (Å²) in [7, 11) is 3.59. The van der Waals surface area contributed by atoms with Crippen molar-refractivity contribution >= 4 is 28.8 Å². The van der Waals surface area contributed by atoms with Crippen molar-refractivity contribution in [1.29, 1.82) is 0 Å². The first kappa shape index (κ1) is 22.8. The second-order valence-electron chi connectivity index (χ2n) is 8.59. The van der Waals surface area contributed by atoms with E-state index in [0.29, 0.717) is 11.3 Å². The van der Waals surface area contributed by atoms with Crippen LogP contribution in [0.25, 0.3) is 22.0 Å². The van der Waals surface area contributed by atoms with Gasteiger partial charge in [0.2, 0.25) is 0 Å². The maximum atomic E-state index is 13.2. The summed E-state index contributed by atoms with van der Waals surface area (Å²) in [4.78, 5) is 28.4. The number of rotatable bonds is 5. The summed E-state index contributed by atoms with van der Waals surface area (Å²) in [6.45, 7) is 0. The Bertz CT molecular complexity index is 1210. The van der Waals surface area contributed by atoms with Crippen molar-refractivity contribution in [2.24, 2.45) is 11.7 Å². The molecular formula is C23H24F3N5O2. The van der Waals surface area contributed by atoms with Crippen LogP contribution >= 0.6 is 0 Å². The molecule has 1 aliphatic carbocycles. The first-order valence-corrected chi connectivity index (χ1v) is 10.6. The van der Waals surface area contributed by atoms with Gasteiger partial charge in [-0.15, -0.1) is 0 Å². The Hall–Kier alpha value is -3.43. The van der Waals surface area contributed by atoms with Gasteiger partial charge in [-0.2, -0.15) is 18.3 Å². The van der Waals surface area contributed by atoms with Gasteiger partial charge in [0, 0.05) is 48.4 Å². The number of hydrogen-bond donors (Lipinski definition) is 1. The zero-order valence-corrected chi connectivity index (χ0v) is 18.3. The maximum Gasteiger partial charge on any atom is 0.433 e. The number of carbonyl (C=O) groups excluding carboxylic acids is 2. The van der Waals surface area contributed by atoms with E-state index in [2.05, 4.69) is 4.98 Å². The average molecular weight is 459 g/mol. The van der Waals surface area contributed by atoms with E-state index in [1.54, 1.807) is 25.1 Å². The molecule has 0 bridgehead atoms. The minimum absolute atomic E-state index is 0.0950. The van der Waals surface area contributed by atoms with Gasteiger partial charge in [0.25, 0.3) is 5.91 Å². The number of benzene rings is 1. The summed E-state index contributed by atoms with van der Waals surface area (Å²) in [5, 5.41) is 5.50. The van der Waals surface area contributed by atoms with Crippen LogP contribution in [0.4, 0.5) is 18.9 Å². The van der Waals surface area contributed by atoms with Gasteiger partial charge in [-0.05, 0) is 49.9 Å². The molecule has 1 saturated carbocycles. The summed E-state index contributed by atoms with van der Waals surface area (Å²) in [5.74, 6) is -0.943. The minimum atomic E-state index is -4.69. The van der Waals surface area contributed by atoms with Crippen molar-refractivity contribution in [1.82, 2.24) is 14.8 Å². The number of primary amides is 1. The first-order chi connectivity index (χ1) is 15.6. The van der Waals surface area contributed by atoms with Crippen LogP contribution in [-0.2, 0) is 11.0 Å². The molecule has 0 unspecified atom stereocenters. The number of nitrogens with two attached hydrogens (primary N) is 1. The Morgan fingerprint density at radius 1 is 1.15 bits per heavy atom. The number of aldehydes is 1. The number of pyridine rings is 1. The highest BCUT2D eigenvalue weighted by Crippen LogP contribution is 2.38. The molecule has 10 heteroatoms. The highest BCUT2D eigenvalue weighted by molar-refractivity contribution is 6.02. The van der Waals surface area contributed by atoms with Crippen molar-refractivity contribution in [2.75, 3.05) is 19.0 Å². The van der Waals surface area contributed by atoms with Crippen LogP contribution in [0.2, 0.25) is 0 Å². The molecule has 1 amide bonds. The molecule has 1 fully saturated rings. The number of halogens is 3. The lowest BCUT2D eigenvalue weighted by Gasteiger charge is -2.25. The van der Waals surface area contributed by atoms with Gasteiger partial charge >= 0.3 is 6.18 Å². The van der Waals surface area contributed by atoms with E-state index in [1.807, 2.05) is 16.9 Å². The topological polar surface area (TPSA) is 94.1 Å². The normalized spacial score (nSPS) is 18.9. The summed E-state index contributed by atoms with van der Waals surface area (Å²) in [6.07, 6.45) is 1.54. The molecule has 2 aromatic heterocycles. The van der Waals surface area contributed by atoms with E-state index in [9.17, 15) is 22.8 Å². The van der Waals surface area contributed by atoms with E-state index in [4.69, 9.17) is 10.8 Å². The van der Waals surface area contributed by atoms with Crippen molar-refractivity contribution in [3.8, 4) is 11.1 Å².